The Labute approximate surface area is 123 Å². The Balaban J connectivity index is 2.16. The summed E-state index contributed by atoms with van der Waals surface area (Å²) in [6.45, 7) is 5.85. The number of carbonyl (C=O) groups is 2. The van der Waals surface area contributed by atoms with Crippen molar-refractivity contribution in [3.63, 3.8) is 0 Å². The quantitative estimate of drug-likeness (QED) is 0.903. The summed E-state index contributed by atoms with van der Waals surface area (Å²) in [6.07, 6.45) is 2.82. The highest BCUT2D eigenvalue weighted by Gasteiger charge is 2.41. The molecular formula is C15H20N2O4. The van der Waals surface area contributed by atoms with Crippen LogP contribution in [0.5, 0.6) is 0 Å². The molecule has 6 nitrogen and oxygen atoms in total. The van der Waals surface area contributed by atoms with E-state index in [9.17, 15) is 14.7 Å². The second kappa shape index (κ2) is 5.71. The second-order valence-corrected chi connectivity index (χ2v) is 6.22. The van der Waals surface area contributed by atoms with E-state index in [1.54, 1.807) is 39.2 Å². The third-order valence-corrected chi connectivity index (χ3v) is 3.40. The molecule has 1 aromatic heterocycles. The molecule has 2 heterocycles. The van der Waals surface area contributed by atoms with E-state index in [2.05, 4.69) is 4.98 Å². The van der Waals surface area contributed by atoms with Gasteiger partial charge in [-0.2, -0.15) is 0 Å². The summed E-state index contributed by atoms with van der Waals surface area (Å²) >= 11 is 0. The van der Waals surface area contributed by atoms with Crippen LogP contribution in [-0.2, 0) is 9.53 Å². The van der Waals surface area contributed by atoms with Crippen molar-refractivity contribution in [3.05, 3.63) is 30.1 Å². The van der Waals surface area contributed by atoms with Crippen molar-refractivity contribution in [1.82, 2.24) is 9.88 Å². The Morgan fingerprint density at radius 1 is 1.38 bits per heavy atom. The maximum absolute atomic E-state index is 12.1. The molecular weight excluding hydrogens is 272 g/mol. The second-order valence-electron chi connectivity index (χ2n) is 6.22. The molecule has 1 saturated heterocycles. The highest BCUT2D eigenvalue weighted by molar-refractivity contribution is 5.75. The number of aliphatic carboxylic acids is 1. The molecule has 2 atom stereocenters. The van der Waals surface area contributed by atoms with Crippen LogP contribution < -0.4 is 0 Å². The first-order chi connectivity index (χ1) is 9.78. The third kappa shape index (κ3) is 3.71. The standard InChI is InChI=1S/C15H20N2O4/c1-15(2,3)21-14(20)17-8-11(12(9-17)13(18)19)10-5-4-6-16-7-10/h4-7,11-12H,8-9H2,1-3H3,(H,18,19). The van der Waals surface area contributed by atoms with Crippen LogP contribution in [0.4, 0.5) is 4.79 Å². The molecule has 1 amide bonds. The largest absolute Gasteiger partial charge is 0.481 e. The van der Waals surface area contributed by atoms with Gasteiger partial charge in [0.2, 0.25) is 0 Å². The minimum absolute atomic E-state index is 0.157. The molecule has 1 aromatic rings. The molecule has 114 valence electrons. The monoisotopic (exact) mass is 292 g/mol. The van der Waals surface area contributed by atoms with Gasteiger partial charge in [0.25, 0.3) is 0 Å². The minimum Gasteiger partial charge on any atom is -0.481 e. The van der Waals surface area contributed by atoms with Crippen molar-refractivity contribution in [1.29, 1.82) is 0 Å². The number of likely N-dealkylation sites (tertiary alicyclic amines) is 1. The molecule has 2 unspecified atom stereocenters. The third-order valence-electron chi connectivity index (χ3n) is 3.40. The van der Waals surface area contributed by atoms with Crippen LogP contribution in [0, 0.1) is 5.92 Å². The predicted molar refractivity (Wildman–Crippen MR) is 75.9 cm³/mol. The highest BCUT2D eigenvalue weighted by Crippen LogP contribution is 2.33. The summed E-state index contributed by atoms with van der Waals surface area (Å²) in [4.78, 5) is 29.0. The molecule has 0 saturated carbocycles. The minimum atomic E-state index is -0.907. The highest BCUT2D eigenvalue weighted by atomic mass is 16.6. The molecule has 1 N–H and O–H groups in total. The van der Waals surface area contributed by atoms with Gasteiger partial charge in [-0.25, -0.2) is 4.79 Å². The van der Waals surface area contributed by atoms with Crippen molar-refractivity contribution in [2.45, 2.75) is 32.3 Å². The van der Waals surface area contributed by atoms with E-state index in [0.717, 1.165) is 5.56 Å². The molecule has 1 fully saturated rings. The van der Waals surface area contributed by atoms with Crippen molar-refractivity contribution < 1.29 is 19.4 Å². The van der Waals surface area contributed by atoms with Gasteiger partial charge in [0, 0.05) is 31.4 Å². The number of carboxylic acids is 1. The smallest absolute Gasteiger partial charge is 0.410 e. The van der Waals surface area contributed by atoms with Crippen LogP contribution in [0.1, 0.15) is 32.3 Å². The van der Waals surface area contributed by atoms with Crippen LogP contribution in [-0.4, -0.2) is 45.7 Å². The average Bonchev–Trinajstić information content (AvgIpc) is 2.83. The first-order valence-corrected chi connectivity index (χ1v) is 6.88. The van der Waals surface area contributed by atoms with E-state index < -0.39 is 23.6 Å². The van der Waals surface area contributed by atoms with Gasteiger partial charge in [-0.3, -0.25) is 9.78 Å². The average molecular weight is 292 g/mol. The molecule has 1 aliphatic rings. The van der Waals surface area contributed by atoms with Crippen LogP contribution in [0.15, 0.2) is 24.5 Å². The van der Waals surface area contributed by atoms with E-state index in [-0.39, 0.29) is 12.5 Å². The number of hydrogen-bond donors (Lipinski definition) is 1. The van der Waals surface area contributed by atoms with Crippen LogP contribution in [0.25, 0.3) is 0 Å². The lowest BCUT2D eigenvalue weighted by molar-refractivity contribution is -0.141. The number of ether oxygens (including phenoxy) is 1. The topological polar surface area (TPSA) is 79.7 Å². The number of amides is 1. The normalized spacial score (nSPS) is 22.1. The molecule has 6 heteroatoms. The van der Waals surface area contributed by atoms with Gasteiger partial charge in [-0.05, 0) is 32.4 Å². The van der Waals surface area contributed by atoms with Gasteiger partial charge >= 0.3 is 12.1 Å². The molecule has 2 rings (SSSR count). The van der Waals surface area contributed by atoms with Crippen molar-refractivity contribution in [2.75, 3.05) is 13.1 Å². The summed E-state index contributed by atoms with van der Waals surface area (Å²) in [5.74, 6) is -1.81. The fourth-order valence-electron chi connectivity index (χ4n) is 2.46. The van der Waals surface area contributed by atoms with Gasteiger partial charge in [0.1, 0.15) is 5.60 Å². The van der Waals surface area contributed by atoms with Gasteiger partial charge in [0.05, 0.1) is 5.92 Å². The van der Waals surface area contributed by atoms with Crippen molar-refractivity contribution >= 4 is 12.1 Å². The number of carbonyl (C=O) groups excluding carboxylic acids is 1. The summed E-state index contributed by atoms with van der Waals surface area (Å²) < 4.78 is 5.31. The molecule has 1 aliphatic heterocycles. The van der Waals surface area contributed by atoms with Crippen molar-refractivity contribution in [2.24, 2.45) is 5.92 Å². The maximum Gasteiger partial charge on any atom is 0.410 e. The SMILES string of the molecule is CC(C)(C)OC(=O)N1CC(C(=O)O)C(c2cccnc2)C1. The van der Waals surface area contributed by atoms with Crippen LogP contribution >= 0.6 is 0 Å². The molecule has 0 radical (unpaired) electrons. The fraction of sp³-hybridized carbons (Fsp3) is 0.533. The molecule has 21 heavy (non-hydrogen) atoms. The van der Waals surface area contributed by atoms with Crippen LogP contribution in [0.3, 0.4) is 0 Å². The Morgan fingerprint density at radius 3 is 2.62 bits per heavy atom. The summed E-state index contributed by atoms with van der Waals surface area (Å²) in [6, 6.07) is 3.61. The zero-order valence-corrected chi connectivity index (χ0v) is 12.4. The number of aromatic nitrogens is 1. The Bertz CT molecular complexity index is 524. The van der Waals surface area contributed by atoms with E-state index in [4.69, 9.17) is 4.74 Å². The molecule has 0 spiro atoms. The Hall–Kier alpha value is -2.11. The Morgan fingerprint density at radius 2 is 2.10 bits per heavy atom. The predicted octanol–water partition coefficient (Wildman–Crippen LogP) is 2.12. The molecule has 0 aromatic carbocycles. The first-order valence-electron chi connectivity index (χ1n) is 6.88. The molecule has 0 aliphatic carbocycles. The van der Waals surface area contributed by atoms with Gasteiger partial charge in [-0.15, -0.1) is 0 Å². The van der Waals surface area contributed by atoms with E-state index in [1.165, 1.54) is 4.90 Å². The number of carboxylic acid groups (broad SMARTS) is 1. The summed E-state index contributed by atoms with van der Waals surface area (Å²) in [7, 11) is 0. The van der Waals surface area contributed by atoms with Crippen LogP contribution in [0.2, 0.25) is 0 Å². The van der Waals surface area contributed by atoms with E-state index in [1.807, 2.05) is 6.07 Å². The lowest BCUT2D eigenvalue weighted by Gasteiger charge is -2.24. The summed E-state index contributed by atoms with van der Waals surface area (Å²) in [5.41, 5.74) is 0.235. The number of nitrogens with zero attached hydrogens (tertiary/aromatic N) is 2. The number of pyridine rings is 1. The molecule has 0 bridgehead atoms. The van der Waals surface area contributed by atoms with Gasteiger partial charge in [-0.1, -0.05) is 6.07 Å². The zero-order chi connectivity index (χ0) is 15.6. The van der Waals surface area contributed by atoms with Gasteiger partial charge in [0.15, 0.2) is 0 Å². The lowest BCUT2D eigenvalue weighted by atomic mass is 9.90. The summed E-state index contributed by atoms with van der Waals surface area (Å²) in [5, 5.41) is 9.38. The van der Waals surface area contributed by atoms with E-state index in [0.29, 0.717) is 6.54 Å². The van der Waals surface area contributed by atoms with Gasteiger partial charge < -0.3 is 14.7 Å². The van der Waals surface area contributed by atoms with Crippen molar-refractivity contribution in [3.8, 4) is 0 Å². The lowest BCUT2D eigenvalue weighted by Crippen LogP contribution is -2.35. The fourth-order valence-corrected chi connectivity index (χ4v) is 2.46. The Kier molecular flexibility index (Phi) is 4.16. The zero-order valence-electron chi connectivity index (χ0n) is 12.4. The van der Waals surface area contributed by atoms with E-state index >= 15 is 0 Å². The number of rotatable bonds is 2. The first kappa shape index (κ1) is 15.3. The number of hydrogen-bond acceptors (Lipinski definition) is 4. The maximum atomic E-state index is 12.1.